The fraction of sp³-hybridized carbons (Fsp3) is 0.417. The van der Waals surface area contributed by atoms with Gasteiger partial charge in [0.1, 0.15) is 5.75 Å². The molecule has 1 rings (SSSR count). The molecule has 1 aromatic rings. The maximum absolute atomic E-state index is 11.7. The minimum Gasteiger partial charge on any atom is -0.508 e. The average molecular weight is 287 g/mol. The van der Waals surface area contributed by atoms with Crippen LogP contribution in [0.15, 0.2) is 18.2 Å². The minimum atomic E-state index is -3.54. The van der Waals surface area contributed by atoms with Crippen LogP contribution >= 0.6 is 0 Å². The van der Waals surface area contributed by atoms with E-state index in [2.05, 4.69) is 9.46 Å². The van der Waals surface area contributed by atoms with Gasteiger partial charge in [-0.05, 0) is 25.0 Å². The molecule has 1 aromatic carbocycles. The molecule has 0 spiro atoms. The van der Waals surface area contributed by atoms with Crippen LogP contribution in [0.5, 0.6) is 5.75 Å². The van der Waals surface area contributed by atoms with Crippen molar-refractivity contribution in [2.24, 2.45) is 0 Å². The average Bonchev–Trinajstić information content (AvgIpc) is 2.33. The summed E-state index contributed by atoms with van der Waals surface area (Å²) >= 11 is 0. The van der Waals surface area contributed by atoms with Gasteiger partial charge in [0.15, 0.2) is 0 Å². The Labute approximate surface area is 112 Å². The van der Waals surface area contributed by atoms with Gasteiger partial charge in [0.05, 0.1) is 18.6 Å². The SMILES string of the molecule is COC(=O)CCCS(=O)(=O)Nc1ccc(C)c(O)c1. The summed E-state index contributed by atoms with van der Waals surface area (Å²) in [5, 5.41) is 9.48. The van der Waals surface area contributed by atoms with Gasteiger partial charge in [-0.3, -0.25) is 9.52 Å². The molecule has 0 bridgehead atoms. The molecule has 6 nitrogen and oxygen atoms in total. The summed E-state index contributed by atoms with van der Waals surface area (Å²) in [5.41, 5.74) is 0.954. The van der Waals surface area contributed by atoms with Gasteiger partial charge in [0.25, 0.3) is 0 Å². The number of benzene rings is 1. The summed E-state index contributed by atoms with van der Waals surface area (Å²) in [7, 11) is -2.28. The Morgan fingerprint density at radius 1 is 1.42 bits per heavy atom. The third kappa shape index (κ3) is 5.17. The zero-order valence-corrected chi connectivity index (χ0v) is 11.7. The Morgan fingerprint density at radius 2 is 2.11 bits per heavy atom. The summed E-state index contributed by atoms with van der Waals surface area (Å²) < 4.78 is 30.2. The van der Waals surface area contributed by atoms with E-state index in [1.165, 1.54) is 13.2 Å². The number of carbonyl (C=O) groups is 1. The predicted octanol–water partition coefficient (Wildman–Crippen LogP) is 1.40. The van der Waals surface area contributed by atoms with Gasteiger partial charge in [-0.2, -0.15) is 0 Å². The van der Waals surface area contributed by atoms with Gasteiger partial charge < -0.3 is 9.84 Å². The van der Waals surface area contributed by atoms with Crippen LogP contribution in [0.1, 0.15) is 18.4 Å². The van der Waals surface area contributed by atoms with Crippen molar-refractivity contribution in [3.63, 3.8) is 0 Å². The highest BCUT2D eigenvalue weighted by Gasteiger charge is 2.12. The summed E-state index contributed by atoms with van der Waals surface area (Å²) in [6, 6.07) is 4.52. The zero-order chi connectivity index (χ0) is 14.5. The Kier molecular flexibility index (Phi) is 5.17. The third-order valence-electron chi connectivity index (χ3n) is 2.50. The van der Waals surface area contributed by atoms with Crippen molar-refractivity contribution in [3.05, 3.63) is 23.8 Å². The molecule has 0 amide bonds. The van der Waals surface area contributed by atoms with Crippen LogP contribution in [-0.4, -0.2) is 32.4 Å². The molecule has 0 aliphatic heterocycles. The molecule has 0 heterocycles. The van der Waals surface area contributed by atoms with Gasteiger partial charge in [-0.15, -0.1) is 0 Å². The Bertz CT molecular complexity index is 553. The molecule has 0 unspecified atom stereocenters. The number of esters is 1. The van der Waals surface area contributed by atoms with Crippen molar-refractivity contribution in [3.8, 4) is 5.75 Å². The van der Waals surface area contributed by atoms with Crippen LogP contribution in [0, 0.1) is 6.92 Å². The summed E-state index contributed by atoms with van der Waals surface area (Å²) in [6.45, 7) is 1.71. The summed E-state index contributed by atoms with van der Waals surface area (Å²) in [5.74, 6) is -0.602. The quantitative estimate of drug-likeness (QED) is 0.771. The second-order valence-corrected chi connectivity index (χ2v) is 5.94. The fourth-order valence-corrected chi connectivity index (χ4v) is 2.52. The van der Waals surface area contributed by atoms with Gasteiger partial charge >= 0.3 is 5.97 Å². The molecule has 0 saturated carbocycles. The van der Waals surface area contributed by atoms with Gasteiger partial charge in [0, 0.05) is 12.5 Å². The lowest BCUT2D eigenvalue weighted by molar-refractivity contribution is -0.140. The number of carbonyl (C=O) groups excluding carboxylic acids is 1. The zero-order valence-electron chi connectivity index (χ0n) is 10.8. The van der Waals surface area contributed by atoms with Crippen LogP contribution in [0.4, 0.5) is 5.69 Å². The summed E-state index contributed by atoms with van der Waals surface area (Å²) in [6.07, 6.45) is 0.233. The molecule has 2 N–H and O–H groups in total. The van der Waals surface area contributed by atoms with Crippen molar-refractivity contribution >= 4 is 21.7 Å². The molecule has 0 saturated heterocycles. The van der Waals surface area contributed by atoms with E-state index in [1.54, 1.807) is 19.1 Å². The molecular weight excluding hydrogens is 270 g/mol. The van der Waals surface area contributed by atoms with Gasteiger partial charge in [-0.25, -0.2) is 8.42 Å². The molecule has 0 radical (unpaired) electrons. The van der Waals surface area contributed by atoms with Crippen LogP contribution < -0.4 is 4.72 Å². The van der Waals surface area contributed by atoms with Crippen molar-refractivity contribution in [1.29, 1.82) is 0 Å². The number of hydrogen-bond donors (Lipinski definition) is 2. The van der Waals surface area contributed by atoms with E-state index in [1.807, 2.05) is 0 Å². The van der Waals surface area contributed by atoms with Crippen molar-refractivity contribution < 1.29 is 23.1 Å². The normalized spacial score (nSPS) is 11.1. The lowest BCUT2D eigenvalue weighted by Crippen LogP contribution is -2.17. The van der Waals surface area contributed by atoms with Gasteiger partial charge in [0.2, 0.25) is 10.0 Å². The first-order valence-electron chi connectivity index (χ1n) is 5.71. The number of methoxy groups -OCH3 is 1. The van der Waals surface area contributed by atoms with E-state index in [0.29, 0.717) is 11.3 Å². The molecule has 0 aliphatic rings. The number of rotatable bonds is 6. The number of phenols is 1. The lowest BCUT2D eigenvalue weighted by Gasteiger charge is -2.08. The molecule has 7 heteroatoms. The lowest BCUT2D eigenvalue weighted by atomic mass is 10.2. The third-order valence-corrected chi connectivity index (χ3v) is 3.88. The molecule has 19 heavy (non-hydrogen) atoms. The highest BCUT2D eigenvalue weighted by molar-refractivity contribution is 7.92. The maximum atomic E-state index is 11.7. The van der Waals surface area contributed by atoms with Crippen LogP contribution in [0.3, 0.4) is 0 Å². The molecule has 0 aromatic heterocycles. The molecule has 0 aliphatic carbocycles. The second-order valence-electron chi connectivity index (χ2n) is 4.10. The predicted molar refractivity (Wildman–Crippen MR) is 71.5 cm³/mol. The van der Waals surface area contributed by atoms with Crippen molar-refractivity contribution in [2.75, 3.05) is 17.6 Å². The highest BCUT2D eigenvalue weighted by atomic mass is 32.2. The first-order valence-corrected chi connectivity index (χ1v) is 7.36. The van der Waals surface area contributed by atoms with Crippen LogP contribution in [0.2, 0.25) is 0 Å². The number of aryl methyl sites for hydroxylation is 1. The number of phenolic OH excluding ortho intramolecular Hbond substituents is 1. The molecular formula is C12H17NO5S. The van der Waals surface area contributed by atoms with Gasteiger partial charge in [-0.1, -0.05) is 6.07 Å². The Hall–Kier alpha value is -1.76. The number of nitrogens with one attached hydrogen (secondary N) is 1. The van der Waals surface area contributed by atoms with E-state index < -0.39 is 16.0 Å². The number of hydrogen-bond acceptors (Lipinski definition) is 5. The van der Waals surface area contributed by atoms with Crippen molar-refractivity contribution in [2.45, 2.75) is 19.8 Å². The van der Waals surface area contributed by atoms with Crippen LogP contribution in [-0.2, 0) is 19.6 Å². The Balaban J connectivity index is 2.59. The first kappa shape index (κ1) is 15.3. The smallest absolute Gasteiger partial charge is 0.305 e. The standard InChI is InChI=1S/C12H17NO5S/c1-9-5-6-10(8-11(9)14)13-19(16,17)7-3-4-12(15)18-2/h5-6,8,13-14H,3-4,7H2,1-2H3. The van der Waals surface area contributed by atoms with Crippen LogP contribution in [0.25, 0.3) is 0 Å². The van der Waals surface area contributed by atoms with E-state index in [4.69, 9.17) is 0 Å². The highest BCUT2D eigenvalue weighted by Crippen LogP contribution is 2.21. The first-order chi connectivity index (χ1) is 8.84. The second kappa shape index (κ2) is 6.42. The number of sulfonamides is 1. The number of anilines is 1. The molecule has 0 atom stereocenters. The van der Waals surface area contributed by atoms with E-state index >= 15 is 0 Å². The van der Waals surface area contributed by atoms with E-state index in [9.17, 15) is 18.3 Å². The van der Waals surface area contributed by atoms with E-state index in [0.717, 1.165) is 0 Å². The topological polar surface area (TPSA) is 92.7 Å². The molecule has 106 valence electrons. The van der Waals surface area contributed by atoms with E-state index in [-0.39, 0.29) is 24.3 Å². The summed E-state index contributed by atoms with van der Waals surface area (Å²) in [4.78, 5) is 10.9. The maximum Gasteiger partial charge on any atom is 0.305 e. The van der Waals surface area contributed by atoms with Crippen molar-refractivity contribution in [1.82, 2.24) is 0 Å². The largest absolute Gasteiger partial charge is 0.508 e. The monoisotopic (exact) mass is 287 g/mol. The fourth-order valence-electron chi connectivity index (χ4n) is 1.41. The number of aromatic hydroxyl groups is 1. The minimum absolute atomic E-state index is 0.0229. The number of ether oxygens (including phenoxy) is 1. The Morgan fingerprint density at radius 3 is 2.68 bits per heavy atom. The molecule has 0 fully saturated rings.